The first-order chi connectivity index (χ1) is 10.9. The third kappa shape index (κ3) is 6.54. The topological polar surface area (TPSA) is 70.6 Å². The van der Waals surface area contributed by atoms with Crippen LogP contribution >= 0.6 is 24.0 Å². The maximum Gasteiger partial charge on any atom is 0.191 e. The Morgan fingerprint density at radius 2 is 2.12 bits per heavy atom. The predicted octanol–water partition coefficient (Wildman–Crippen LogP) is 2.24. The first kappa shape index (κ1) is 21.1. The van der Waals surface area contributed by atoms with Gasteiger partial charge < -0.3 is 10.6 Å². The molecule has 1 saturated heterocycles. The summed E-state index contributed by atoms with van der Waals surface area (Å²) in [6.07, 6.45) is 0.692. The summed E-state index contributed by atoms with van der Waals surface area (Å²) in [5.41, 5.74) is 1.42. The van der Waals surface area contributed by atoms with Crippen molar-refractivity contribution in [2.24, 2.45) is 10.9 Å². The van der Waals surface area contributed by atoms with Gasteiger partial charge in [0.1, 0.15) is 5.82 Å². The van der Waals surface area contributed by atoms with Crippen molar-refractivity contribution >= 4 is 39.8 Å². The lowest BCUT2D eigenvalue weighted by atomic mass is 10.1. The molecule has 0 aromatic heterocycles. The van der Waals surface area contributed by atoms with Crippen molar-refractivity contribution in [1.29, 1.82) is 0 Å². The van der Waals surface area contributed by atoms with Crippen molar-refractivity contribution in [3.05, 3.63) is 35.1 Å². The number of hydrogen-bond donors (Lipinski definition) is 2. The molecule has 0 bridgehead atoms. The van der Waals surface area contributed by atoms with E-state index in [2.05, 4.69) is 15.6 Å². The van der Waals surface area contributed by atoms with Crippen molar-refractivity contribution in [2.75, 3.05) is 24.6 Å². The molecule has 0 saturated carbocycles. The number of sulfone groups is 1. The van der Waals surface area contributed by atoms with E-state index in [1.165, 1.54) is 6.07 Å². The molecule has 1 heterocycles. The normalized spacial score (nSPS) is 19.6. The Balaban J connectivity index is 0.00000288. The van der Waals surface area contributed by atoms with Crippen molar-refractivity contribution in [3.63, 3.8) is 0 Å². The minimum Gasteiger partial charge on any atom is -0.357 e. The standard InChI is InChI=1S/C16H24FN3O2S.HI/c1-3-18-16(20-10-14-6-7-23(21,22)11-14)19-9-13-5-4-12(2)15(17)8-13;/h4-5,8,14H,3,6-7,9-11H2,1-2H3,(H2,18,19,20);1H. The van der Waals surface area contributed by atoms with Crippen LogP contribution in [0.1, 0.15) is 24.5 Å². The first-order valence-corrected chi connectivity index (χ1v) is 9.69. The molecule has 0 spiro atoms. The van der Waals surface area contributed by atoms with Crippen LogP contribution in [0.5, 0.6) is 0 Å². The summed E-state index contributed by atoms with van der Waals surface area (Å²) in [7, 11) is -2.86. The van der Waals surface area contributed by atoms with Crippen molar-refractivity contribution in [2.45, 2.75) is 26.8 Å². The van der Waals surface area contributed by atoms with Crippen LogP contribution in [0, 0.1) is 18.7 Å². The van der Waals surface area contributed by atoms with Gasteiger partial charge in [-0.15, -0.1) is 24.0 Å². The number of benzene rings is 1. The second-order valence-corrected chi connectivity index (χ2v) is 8.16. The van der Waals surface area contributed by atoms with E-state index in [9.17, 15) is 12.8 Å². The summed E-state index contributed by atoms with van der Waals surface area (Å²) in [6, 6.07) is 5.09. The number of hydrogen-bond acceptors (Lipinski definition) is 3. The molecule has 0 amide bonds. The maximum atomic E-state index is 13.5. The van der Waals surface area contributed by atoms with Crippen LogP contribution in [-0.4, -0.2) is 39.0 Å². The van der Waals surface area contributed by atoms with E-state index in [0.717, 1.165) is 5.56 Å². The smallest absolute Gasteiger partial charge is 0.191 e. The molecule has 0 radical (unpaired) electrons. The van der Waals surface area contributed by atoms with Crippen molar-refractivity contribution < 1.29 is 12.8 Å². The van der Waals surface area contributed by atoms with Gasteiger partial charge in [0.15, 0.2) is 15.8 Å². The number of aryl methyl sites for hydroxylation is 1. The lowest BCUT2D eigenvalue weighted by molar-refractivity contribution is 0.567. The van der Waals surface area contributed by atoms with E-state index < -0.39 is 9.84 Å². The Kier molecular flexibility index (Phi) is 8.41. The highest BCUT2D eigenvalue weighted by Crippen LogP contribution is 2.17. The van der Waals surface area contributed by atoms with Gasteiger partial charge in [-0.25, -0.2) is 17.8 Å². The molecule has 0 aliphatic carbocycles. The number of nitrogens with zero attached hydrogens (tertiary/aromatic N) is 1. The van der Waals surface area contributed by atoms with Gasteiger partial charge in [-0.1, -0.05) is 12.1 Å². The number of nitrogens with one attached hydrogen (secondary N) is 2. The van der Waals surface area contributed by atoms with Crippen molar-refractivity contribution in [1.82, 2.24) is 10.6 Å². The highest BCUT2D eigenvalue weighted by molar-refractivity contribution is 14.0. The van der Waals surface area contributed by atoms with Gasteiger partial charge in [-0.05, 0) is 43.4 Å². The highest BCUT2D eigenvalue weighted by Gasteiger charge is 2.27. The minimum atomic E-state index is -2.86. The van der Waals surface area contributed by atoms with Crippen LogP contribution in [-0.2, 0) is 16.4 Å². The molecule has 1 atom stereocenters. The lowest BCUT2D eigenvalue weighted by Gasteiger charge is -2.14. The molecule has 2 N–H and O–H groups in total. The Morgan fingerprint density at radius 1 is 1.38 bits per heavy atom. The van der Waals surface area contributed by atoms with E-state index >= 15 is 0 Å². The Morgan fingerprint density at radius 3 is 2.71 bits per heavy atom. The summed E-state index contributed by atoms with van der Waals surface area (Å²) >= 11 is 0. The van der Waals surface area contributed by atoms with Gasteiger partial charge in [0.2, 0.25) is 0 Å². The average Bonchev–Trinajstić information content (AvgIpc) is 2.85. The van der Waals surface area contributed by atoms with Crippen LogP contribution in [0.2, 0.25) is 0 Å². The fourth-order valence-electron chi connectivity index (χ4n) is 2.52. The molecule has 1 fully saturated rings. The van der Waals surface area contributed by atoms with Crippen LogP contribution in [0.15, 0.2) is 23.2 Å². The summed E-state index contributed by atoms with van der Waals surface area (Å²) in [4.78, 5) is 4.43. The molecule has 136 valence electrons. The Labute approximate surface area is 160 Å². The monoisotopic (exact) mass is 469 g/mol. The zero-order valence-corrected chi connectivity index (χ0v) is 17.2. The van der Waals surface area contributed by atoms with Gasteiger partial charge in [0, 0.05) is 13.1 Å². The SMILES string of the molecule is CCNC(=NCc1ccc(C)c(F)c1)NCC1CCS(=O)(=O)C1.I. The van der Waals surface area contributed by atoms with Crippen LogP contribution in [0.25, 0.3) is 0 Å². The number of aliphatic imine (C=N–C) groups is 1. The quantitative estimate of drug-likeness (QED) is 0.395. The third-order valence-electron chi connectivity index (χ3n) is 3.89. The molecule has 1 aromatic rings. The second kappa shape index (κ2) is 9.55. The van der Waals surface area contributed by atoms with Gasteiger partial charge in [0.25, 0.3) is 0 Å². The lowest BCUT2D eigenvalue weighted by Crippen LogP contribution is -2.40. The molecular weight excluding hydrogens is 444 g/mol. The van der Waals surface area contributed by atoms with Crippen LogP contribution in [0.4, 0.5) is 4.39 Å². The summed E-state index contributed by atoms with van der Waals surface area (Å²) in [5, 5.41) is 6.30. The van der Waals surface area contributed by atoms with E-state index in [1.54, 1.807) is 13.0 Å². The molecule has 8 heteroatoms. The third-order valence-corrected chi connectivity index (χ3v) is 5.72. The average molecular weight is 469 g/mol. The molecule has 24 heavy (non-hydrogen) atoms. The molecule has 1 aliphatic heterocycles. The zero-order valence-electron chi connectivity index (χ0n) is 14.0. The fourth-order valence-corrected chi connectivity index (χ4v) is 4.38. The molecule has 1 unspecified atom stereocenters. The Hall–Kier alpha value is -0.900. The van der Waals surface area contributed by atoms with Gasteiger partial charge in [-0.2, -0.15) is 0 Å². The van der Waals surface area contributed by atoms with E-state index in [0.29, 0.717) is 37.6 Å². The second-order valence-electron chi connectivity index (χ2n) is 5.93. The van der Waals surface area contributed by atoms with Gasteiger partial charge in [-0.3, -0.25) is 0 Å². The van der Waals surface area contributed by atoms with Gasteiger partial charge >= 0.3 is 0 Å². The number of halogens is 2. The van der Waals surface area contributed by atoms with E-state index in [1.807, 2.05) is 13.0 Å². The maximum absolute atomic E-state index is 13.5. The van der Waals surface area contributed by atoms with Gasteiger partial charge in [0.05, 0.1) is 18.1 Å². The molecule has 1 aliphatic rings. The Bertz CT molecular complexity index is 680. The summed E-state index contributed by atoms with van der Waals surface area (Å²) < 4.78 is 36.5. The van der Waals surface area contributed by atoms with Crippen molar-refractivity contribution in [3.8, 4) is 0 Å². The predicted molar refractivity (Wildman–Crippen MR) is 106 cm³/mol. The largest absolute Gasteiger partial charge is 0.357 e. The van der Waals surface area contributed by atoms with E-state index in [4.69, 9.17) is 0 Å². The number of rotatable bonds is 5. The molecular formula is C16H25FIN3O2S. The minimum absolute atomic E-state index is 0. The number of guanidine groups is 1. The summed E-state index contributed by atoms with van der Waals surface area (Å²) in [5.74, 6) is 1.03. The zero-order chi connectivity index (χ0) is 16.9. The molecule has 1 aromatic carbocycles. The summed E-state index contributed by atoms with van der Waals surface area (Å²) in [6.45, 7) is 5.34. The highest BCUT2D eigenvalue weighted by atomic mass is 127. The molecule has 2 rings (SSSR count). The molecule has 5 nitrogen and oxygen atoms in total. The fraction of sp³-hybridized carbons (Fsp3) is 0.562. The van der Waals surface area contributed by atoms with Crippen LogP contribution in [0.3, 0.4) is 0 Å². The van der Waals surface area contributed by atoms with E-state index in [-0.39, 0.29) is 47.2 Å². The van der Waals surface area contributed by atoms with Crippen LogP contribution < -0.4 is 10.6 Å². The first-order valence-electron chi connectivity index (χ1n) is 7.87.